The Morgan fingerprint density at radius 2 is 2.11 bits per heavy atom. The molecule has 0 aliphatic carbocycles. The fourth-order valence-electron chi connectivity index (χ4n) is 2.37. The highest BCUT2D eigenvalue weighted by Crippen LogP contribution is 2.22. The quantitative estimate of drug-likeness (QED) is 0.593. The molecule has 0 saturated carbocycles. The number of halogens is 1. The van der Waals surface area contributed by atoms with Gasteiger partial charge in [0.05, 0.1) is 23.0 Å². The first-order valence-corrected chi connectivity index (χ1v) is 7.24. The van der Waals surface area contributed by atoms with Crippen LogP contribution in [0.1, 0.15) is 32.1 Å². The van der Waals surface area contributed by atoms with Gasteiger partial charge in [-0.15, -0.1) is 6.42 Å². The van der Waals surface area contributed by atoms with Gasteiger partial charge < -0.3 is 16.2 Å². The van der Waals surface area contributed by atoms with Crippen LogP contribution in [0.3, 0.4) is 0 Å². The highest BCUT2D eigenvalue weighted by atomic mass is 19.1. The molecule has 10 heteroatoms. The summed E-state index contributed by atoms with van der Waals surface area (Å²) in [6.45, 7) is 0. The number of carbonyl (C=O) groups is 2. The number of carbonyl (C=O) groups excluding carboxylic acids is 1. The predicted molar refractivity (Wildman–Crippen MR) is 91.4 cm³/mol. The zero-order chi connectivity index (χ0) is 19.7. The summed E-state index contributed by atoms with van der Waals surface area (Å²) in [7, 11) is 0. The Morgan fingerprint density at radius 1 is 1.37 bits per heavy atom. The van der Waals surface area contributed by atoms with Gasteiger partial charge in [-0.2, -0.15) is 5.26 Å². The number of amides is 1. The molecule has 27 heavy (non-hydrogen) atoms. The molecule has 3 rings (SSSR count). The van der Waals surface area contributed by atoms with E-state index in [1.54, 1.807) is 0 Å². The molecule has 0 radical (unpaired) electrons. The summed E-state index contributed by atoms with van der Waals surface area (Å²) in [5.74, 6) is -1.08. The Labute approximate surface area is 150 Å². The number of imidazole rings is 1. The van der Waals surface area contributed by atoms with Gasteiger partial charge in [0.25, 0.3) is 5.91 Å². The Morgan fingerprint density at radius 3 is 2.74 bits per heavy atom. The second-order valence-electron chi connectivity index (χ2n) is 5.24. The van der Waals surface area contributed by atoms with Crippen molar-refractivity contribution >= 4 is 29.2 Å². The van der Waals surface area contributed by atoms with Gasteiger partial charge in [0.15, 0.2) is 0 Å². The lowest BCUT2D eigenvalue weighted by Gasteiger charge is -2.10. The minimum atomic E-state index is -1.46. The molecular weight excluding hydrogens is 355 g/mol. The molecule has 0 aliphatic rings. The Balaban J connectivity index is 2.04. The zero-order valence-corrected chi connectivity index (χ0v) is 13.4. The Kier molecular flexibility index (Phi) is 4.16. The molecule has 2 aromatic heterocycles. The summed E-state index contributed by atoms with van der Waals surface area (Å²) in [5, 5.41) is 20.5. The first-order chi connectivity index (χ1) is 12.8. The van der Waals surface area contributed by atoms with Gasteiger partial charge in [0.2, 0.25) is 5.78 Å². The lowest BCUT2D eigenvalue weighted by Crippen LogP contribution is -2.18. The topological polar surface area (TPSA) is 146 Å². The number of benzene rings is 1. The number of fused-ring (bicyclic) bond motifs is 1. The number of hydrogen-bond acceptors (Lipinski definition) is 6. The molecule has 0 bridgehead atoms. The number of nitrogens with zero attached hydrogens (tertiary/aromatic N) is 4. The van der Waals surface area contributed by atoms with Crippen LogP contribution in [-0.4, -0.2) is 31.4 Å². The van der Waals surface area contributed by atoms with E-state index in [1.807, 2.05) is 6.07 Å². The first-order valence-electron chi connectivity index (χ1n) is 7.24. The van der Waals surface area contributed by atoms with Crippen LogP contribution in [-0.2, 0) is 0 Å². The number of nitriles is 1. The van der Waals surface area contributed by atoms with E-state index in [0.29, 0.717) is 6.07 Å². The third-order valence-corrected chi connectivity index (χ3v) is 3.59. The summed E-state index contributed by atoms with van der Waals surface area (Å²) in [5.41, 5.74) is 4.88. The second kappa shape index (κ2) is 6.46. The standard InChI is InChI=1S/C17H9FN6O3/c1-2-8-3-12(10(16(26)27)4-11(8)18)22-15(25)13-5-14(20)24-9(6-19)7-21-17(24)23-13/h1,3-5,7H,20H2,(H,22,25)(H,26,27). The largest absolute Gasteiger partial charge is 0.478 e. The van der Waals surface area contributed by atoms with E-state index in [4.69, 9.17) is 17.4 Å². The maximum atomic E-state index is 13.7. The SMILES string of the molecule is C#Cc1cc(NC(=O)c2cc(N)n3c(C#N)cnc3n2)c(C(=O)O)cc1F. The van der Waals surface area contributed by atoms with Crippen LogP contribution in [0.4, 0.5) is 15.9 Å². The molecule has 4 N–H and O–H groups in total. The molecular formula is C17H9FN6O3. The molecule has 0 saturated heterocycles. The van der Waals surface area contributed by atoms with Crippen molar-refractivity contribution in [2.24, 2.45) is 0 Å². The molecule has 1 amide bonds. The number of anilines is 2. The number of carboxylic acids is 1. The van der Waals surface area contributed by atoms with Gasteiger partial charge in [0, 0.05) is 6.07 Å². The fraction of sp³-hybridized carbons (Fsp3) is 0. The molecule has 0 unspecified atom stereocenters. The number of hydrogen-bond donors (Lipinski definition) is 3. The average molecular weight is 364 g/mol. The van der Waals surface area contributed by atoms with Crippen molar-refractivity contribution in [1.82, 2.24) is 14.4 Å². The smallest absolute Gasteiger partial charge is 0.337 e. The van der Waals surface area contributed by atoms with Crippen molar-refractivity contribution in [2.45, 2.75) is 0 Å². The van der Waals surface area contributed by atoms with Crippen molar-refractivity contribution in [1.29, 1.82) is 5.26 Å². The molecule has 1 aromatic carbocycles. The van der Waals surface area contributed by atoms with Gasteiger partial charge in [-0.1, -0.05) is 5.92 Å². The van der Waals surface area contributed by atoms with E-state index in [0.717, 1.165) is 6.07 Å². The van der Waals surface area contributed by atoms with Crippen LogP contribution in [0.15, 0.2) is 24.4 Å². The van der Waals surface area contributed by atoms with E-state index in [-0.39, 0.29) is 34.2 Å². The molecule has 132 valence electrons. The molecule has 3 aromatic rings. The number of terminal acetylenes is 1. The third kappa shape index (κ3) is 2.99. The van der Waals surface area contributed by atoms with E-state index in [2.05, 4.69) is 21.2 Å². The zero-order valence-electron chi connectivity index (χ0n) is 13.4. The first kappa shape index (κ1) is 17.4. The number of nitrogens with one attached hydrogen (secondary N) is 1. The summed E-state index contributed by atoms with van der Waals surface area (Å²) in [4.78, 5) is 31.6. The maximum Gasteiger partial charge on any atom is 0.337 e. The average Bonchev–Trinajstić information content (AvgIpc) is 3.06. The molecule has 0 fully saturated rings. The number of nitrogen functional groups attached to an aromatic ring is 1. The molecule has 2 heterocycles. The minimum absolute atomic E-state index is 0.0126. The highest BCUT2D eigenvalue weighted by Gasteiger charge is 2.19. The van der Waals surface area contributed by atoms with Crippen LogP contribution < -0.4 is 11.1 Å². The summed E-state index contributed by atoms with van der Waals surface area (Å²) in [6.07, 6.45) is 6.41. The van der Waals surface area contributed by atoms with Crippen molar-refractivity contribution in [3.8, 4) is 18.4 Å². The summed E-state index contributed by atoms with van der Waals surface area (Å²) in [6, 6.07) is 4.81. The third-order valence-electron chi connectivity index (χ3n) is 3.59. The lowest BCUT2D eigenvalue weighted by atomic mass is 10.1. The predicted octanol–water partition coefficient (Wildman–Crippen LogP) is 1.25. The van der Waals surface area contributed by atoms with E-state index < -0.39 is 23.3 Å². The van der Waals surface area contributed by atoms with Crippen molar-refractivity contribution in [3.63, 3.8) is 0 Å². The Hall–Kier alpha value is -4.44. The molecule has 0 spiro atoms. The molecule has 9 nitrogen and oxygen atoms in total. The molecule has 0 atom stereocenters. The van der Waals surface area contributed by atoms with Crippen molar-refractivity contribution in [2.75, 3.05) is 11.1 Å². The van der Waals surface area contributed by atoms with Crippen LogP contribution in [0.5, 0.6) is 0 Å². The van der Waals surface area contributed by atoms with E-state index in [9.17, 15) is 19.1 Å². The van der Waals surface area contributed by atoms with Gasteiger partial charge in [0.1, 0.15) is 29.1 Å². The second-order valence-corrected chi connectivity index (χ2v) is 5.24. The highest BCUT2D eigenvalue weighted by molar-refractivity contribution is 6.07. The number of rotatable bonds is 3. The Bertz CT molecular complexity index is 1200. The number of nitrogens with two attached hydrogens (primary N) is 1. The van der Waals surface area contributed by atoms with Gasteiger partial charge >= 0.3 is 5.97 Å². The number of carboxylic acid groups (broad SMARTS) is 1. The monoisotopic (exact) mass is 364 g/mol. The van der Waals surface area contributed by atoms with Gasteiger partial charge in [-0.3, -0.25) is 9.20 Å². The lowest BCUT2D eigenvalue weighted by molar-refractivity contribution is 0.0697. The number of aromatic nitrogens is 3. The van der Waals surface area contributed by atoms with E-state index >= 15 is 0 Å². The normalized spacial score (nSPS) is 10.2. The number of aromatic carboxylic acids is 1. The van der Waals surface area contributed by atoms with Crippen LogP contribution in [0, 0.1) is 29.5 Å². The van der Waals surface area contributed by atoms with Gasteiger partial charge in [-0.25, -0.2) is 19.2 Å². The summed E-state index contributed by atoms with van der Waals surface area (Å²) >= 11 is 0. The van der Waals surface area contributed by atoms with Crippen LogP contribution >= 0.6 is 0 Å². The minimum Gasteiger partial charge on any atom is -0.478 e. The fourth-order valence-corrected chi connectivity index (χ4v) is 2.37. The van der Waals surface area contributed by atoms with Crippen LogP contribution in [0.2, 0.25) is 0 Å². The van der Waals surface area contributed by atoms with Gasteiger partial charge in [-0.05, 0) is 12.1 Å². The van der Waals surface area contributed by atoms with Crippen molar-refractivity contribution in [3.05, 3.63) is 52.7 Å². The van der Waals surface area contributed by atoms with Crippen LogP contribution in [0.25, 0.3) is 5.78 Å². The van der Waals surface area contributed by atoms with E-state index in [1.165, 1.54) is 16.7 Å². The molecule has 0 aliphatic heterocycles. The maximum absolute atomic E-state index is 13.7. The summed E-state index contributed by atoms with van der Waals surface area (Å²) < 4.78 is 15.0. The van der Waals surface area contributed by atoms with Crippen molar-refractivity contribution < 1.29 is 19.1 Å².